The topological polar surface area (TPSA) is 236 Å². The Morgan fingerprint density at radius 2 is 1.24 bits per heavy atom. The first-order chi connectivity index (χ1) is 7.25. The van der Waals surface area contributed by atoms with Gasteiger partial charge in [-0.25, -0.2) is 0 Å². The van der Waals surface area contributed by atoms with Gasteiger partial charge in [-0.1, -0.05) is 0 Å². The number of carbonyl (C=O) groups is 2. The van der Waals surface area contributed by atoms with Gasteiger partial charge in [-0.05, 0) is 0 Å². The normalized spacial score (nSPS) is 19.5. The fourth-order valence-electron chi connectivity index (χ4n) is 1.12. The maximum absolute atomic E-state index is 11.0. The molecular weight excluding hydrogens is 259 g/mol. The second-order valence-corrected chi connectivity index (χ2v) is 5.07. The summed E-state index contributed by atoms with van der Waals surface area (Å²) in [5.41, 5.74) is 9.12. The van der Waals surface area contributed by atoms with E-state index in [9.17, 15) is 24.4 Å². The molecule has 11 nitrogen and oxygen atoms in total. The summed E-state index contributed by atoms with van der Waals surface area (Å²) >= 11 is 0. The van der Waals surface area contributed by atoms with Crippen LogP contribution < -0.4 is 22.9 Å². The van der Waals surface area contributed by atoms with E-state index in [1.54, 1.807) is 0 Å². The number of rotatable bonds is 5. The molecule has 0 bridgehead atoms. The van der Waals surface area contributed by atoms with Crippen molar-refractivity contribution < 1.29 is 34.2 Å². The lowest BCUT2D eigenvalue weighted by molar-refractivity contribution is -0.151. The zero-order valence-electron chi connectivity index (χ0n) is 8.35. The highest BCUT2D eigenvalue weighted by molar-refractivity contribution is 7.53. The van der Waals surface area contributed by atoms with Crippen molar-refractivity contribution in [3.8, 4) is 0 Å². The van der Waals surface area contributed by atoms with Crippen LogP contribution in [0.4, 0.5) is 0 Å². The molecule has 0 saturated carbocycles. The van der Waals surface area contributed by atoms with Crippen LogP contribution in [-0.4, -0.2) is 48.9 Å². The van der Waals surface area contributed by atoms with Gasteiger partial charge >= 0.3 is 7.60 Å². The van der Waals surface area contributed by atoms with Gasteiger partial charge in [-0.2, -0.15) is 0 Å². The number of hydrogen-bond donors (Lipinski definition) is 8. The third-order valence-electron chi connectivity index (χ3n) is 1.96. The standard InChI is InChI=1S/C5H13N4O7P/c6-2(10)4(8,12)1(17(14,15)16)5(9,13)3(7)11/h1,12-13H,8-9H2,(H2,6,10)(H2,7,11)(H2,14,15,16)/t4-,5-/m0/s1. The first kappa shape index (κ1) is 15.9. The Balaban J connectivity index is 5.89. The van der Waals surface area contributed by atoms with E-state index < -0.39 is 36.5 Å². The lowest BCUT2D eigenvalue weighted by Crippen LogP contribution is -2.73. The third kappa shape index (κ3) is 2.98. The fourth-order valence-corrected chi connectivity index (χ4v) is 2.40. The number of amides is 2. The van der Waals surface area contributed by atoms with Crippen LogP contribution in [-0.2, 0) is 14.2 Å². The van der Waals surface area contributed by atoms with Gasteiger partial charge in [0.15, 0.2) is 5.66 Å². The molecule has 0 radical (unpaired) electrons. The Kier molecular flexibility index (Phi) is 4.04. The van der Waals surface area contributed by atoms with Gasteiger partial charge in [0.2, 0.25) is 11.4 Å². The van der Waals surface area contributed by atoms with Crippen molar-refractivity contribution in [2.45, 2.75) is 17.1 Å². The molecule has 0 aliphatic heterocycles. The van der Waals surface area contributed by atoms with Crippen molar-refractivity contribution in [2.75, 3.05) is 0 Å². The quantitative estimate of drug-likeness (QED) is 0.176. The Morgan fingerprint density at radius 3 is 1.35 bits per heavy atom. The van der Waals surface area contributed by atoms with E-state index in [0.29, 0.717) is 0 Å². The highest BCUT2D eigenvalue weighted by Crippen LogP contribution is 2.48. The minimum atomic E-state index is -5.48. The van der Waals surface area contributed by atoms with Crippen LogP contribution in [0.15, 0.2) is 0 Å². The predicted molar refractivity (Wildman–Crippen MR) is 52.5 cm³/mol. The van der Waals surface area contributed by atoms with E-state index in [1.165, 1.54) is 0 Å². The monoisotopic (exact) mass is 272 g/mol. The van der Waals surface area contributed by atoms with Crippen LogP contribution in [0.2, 0.25) is 0 Å². The third-order valence-corrected chi connectivity index (χ3v) is 3.42. The molecule has 0 spiro atoms. The van der Waals surface area contributed by atoms with E-state index in [4.69, 9.17) is 21.3 Å². The Morgan fingerprint density at radius 1 is 1.00 bits per heavy atom. The lowest BCUT2D eigenvalue weighted by atomic mass is 9.99. The van der Waals surface area contributed by atoms with Crippen LogP contribution in [0.5, 0.6) is 0 Å². The highest BCUT2D eigenvalue weighted by atomic mass is 31.2. The molecule has 0 aromatic rings. The summed E-state index contributed by atoms with van der Waals surface area (Å²) in [7, 11) is -5.48. The molecule has 0 aromatic heterocycles. The SMILES string of the molecule is NC(=O)[C@@](N)(O)C([C@](N)(O)C(N)=O)P(=O)(O)O. The zero-order chi connectivity index (χ0) is 14.2. The van der Waals surface area contributed by atoms with Gasteiger partial charge in [-0.15, -0.1) is 0 Å². The number of carbonyl (C=O) groups excluding carboxylic acids is 2. The molecule has 2 atom stereocenters. The Labute approximate surface area is 94.5 Å². The smallest absolute Gasteiger partial charge is 0.338 e. The molecule has 0 aliphatic carbocycles. The van der Waals surface area contributed by atoms with Gasteiger partial charge in [0.1, 0.15) is 0 Å². The molecule has 100 valence electrons. The molecule has 17 heavy (non-hydrogen) atoms. The summed E-state index contributed by atoms with van der Waals surface area (Å²) in [6, 6.07) is 0. The molecule has 0 unspecified atom stereocenters. The van der Waals surface area contributed by atoms with E-state index in [-0.39, 0.29) is 0 Å². The van der Waals surface area contributed by atoms with Crippen molar-refractivity contribution >= 4 is 19.4 Å². The van der Waals surface area contributed by atoms with Crippen molar-refractivity contribution in [1.82, 2.24) is 0 Å². The maximum atomic E-state index is 11.0. The second kappa shape index (κ2) is 4.31. The average Bonchev–Trinajstić information content (AvgIpc) is 1.98. The highest BCUT2D eigenvalue weighted by Gasteiger charge is 2.61. The van der Waals surface area contributed by atoms with Gasteiger partial charge in [0.25, 0.3) is 11.8 Å². The van der Waals surface area contributed by atoms with Crippen LogP contribution in [0, 0.1) is 0 Å². The summed E-state index contributed by atoms with van der Waals surface area (Å²) in [4.78, 5) is 39.3. The van der Waals surface area contributed by atoms with Crippen LogP contribution in [0.1, 0.15) is 0 Å². The Hall–Kier alpha value is -1.07. The van der Waals surface area contributed by atoms with Crippen LogP contribution in [0.25, 0.3) is 0 Å². The van der Waals surface area contributed by atoms with Crippen LogP contribution in [0.3, 0.4) is 0 Å². The van der Waals surface area contributed by atoms with E-state index in [0.717, 1.165) is 0 Å². The molecule has 12 N–H and O–H groups in total. The summed E-state index contributed by atoms with van der Waals surface area (Å²) in [6.07, 6.45) is 0. The summed E-state index contributed by atoms with van der Waals surface area (Å²) in [6.45, 7) is 0. The van der Waals surface area contributed by atoms with Gasteiger partial charge < -0.3 is 31.5 Å². The maximum Gasteiger partial charge on any atom is 0.338 e. The average molecular weight is 272 g/mol. The molecule has 0 heterocycles. The fraction of sp³-hybridized carbons (Fsp3) is 0.600. The van der Waals surface area contributed by atoms with Crippen molar-refractivity contribution in [3.05, 3.63) is 0 Å². The molecule has 2 amide bonds. The molecule has 0 rings (SSSR count). The summed E-state index contributed by atoms with van der Waals surface area (Å²) < 4.78 is 11.0. The minimum absolute atomic E-state index is 1.81. The first-order valence-corrected chi connectivity index (χ1v) is 5.61. The predicted octanol–water partition coefficient (Wildman–Crippen LogP) is -5.20. The second-order valence-electron chi connectivity index (χ2n) is 3.37. The van der Waals surface area contributed by atoms with Crippen LogP contribution >= 0.6 is 7.60 Å². The van der Waals surface area contributed by atoms with Crippen molar-refractivity contribution in [1.29, 1.82) is 0 Å². The Bertz CT molecular complexity index is 362. The zero-order valence-corrected chi connectivity index (χ0v) is 9.24. The molecule has 0 aromatic carbocycles. The minimum Gasteiger partial charge on any atom is -0.367 e. The van der Waals surface area contributed by atoms with Gasteiger partial charge in [-0.3, -0.25) is 25.6 Å². The first-order valence-electron chi connectivity index (χ1n) is 3.93. The van der Waals surface area contributed by atoms with Gasteiger partial charge in [0, 0.05) is 0 Å². The number of aliphatic hydroxyl groups is 2. The summed E-state index contributed by atoms with van der Waals surface area (Å²) in [5, 5.41) is 18.7. The number of nitrogens with two attached hydrogens (primary N) is 4. The molecule has 0 aliphatic rings. The van der Waals surface area contributed by atoms with E-state index in [1.807, 2.05) is 0 Å². The number of hydrogen-bond acceptors (Lipinski definition) is 7. The van der Waals surface area contributed by atoms with Crippen molar-refractivity contribution in [2.24, 2.45) is 22.9 Å². The molecule has 0 saturated heterocycles. The summed E-state index contributed by atoms with van der Waals surface area (Å²) in [5.74, 6) is -3.62. The van der Waals surface area contributed by atoms with Gasteiger partial charge in [0.05, 0.1) is 0 Å². The largest absolute Gasteiger partial charge is 0.367 e. The molecule has 12 heteroatoms. The lowest BCUT2D eigenvalue weighted by Gasteiger charge is -2.37. The number of primary amides is 2. The van der Waals surface area contributed by atoms with Crippen molar-refractivity contribution in [3.63, 3.8) is 0 Å². The van der Waals surface area contributed by atoms with E-state index in [2.05, 4.69) is 11.5 Å². The molecule has 0 fully saturated rings. The molecular formula is C5H13N4O7P. The van der Waals surface area contributed by atoms with E-state index >= 15 is 0 Å².